The minimum absolute atomic E-state index is 0.0493. The van der Waals surface area contributed by atoms with Crippen molar-refractivity contribution < 1.29 is 4.79 Å². The Morgan fingerprint density at radius 1 is 1.30 bits per heavy atom. The lowest BCUT2D eigenvalue weighted by Crippen LogP contribution is -2.64. The molecular weight excluding hydrogens is 252 g/mol. The molecule has 3 rings (SSSR count). The number of amides is 1. The Morgan fingerprint density at radius 3 is 2.65 bits per heavy atom. The molecule has 1 aromatic heterocycles. The first-order chi connectivity index (χ1) is 9.48. The fraction of sp³-hybridized carbons (Fsp3) is 0.400. The summed E-state index contributed by atoms with van der Waals surface area (Å²) in [5.41, 5.74) is 8.04. The third kappa shape index (κ3) is 2.04. The molecule has 1 aliphatic rings. The summed E-state index contributed by atoms with van der Waals surface area (Å²) in [5, 5.41) is 3.05. The van der Waals surface area contributed by atoms with Gasteiger partial charge in [0, 0.05) is 35.5 Å². The number of rotatable bonds is 2. The van der Waals surface area contributed by atoms with Crippen molar-refractivity contribution in [3.05, 3.63) is 36.2 Å². The van der Waals surface area contributed by atoms with E-state index in [0.29, 0.717) is 5.56 Å². The van der Waals surface area contributed by atoms with Crippen molar-refractivity contribution in [3.8, 4) is 0 Å². The topological polar surface area (TPSA) is 80.9 Å². The molecule has 1 aromatic carbocycles. The van der Waals surface area contributed by atoms with Crippen molar-refractivity contribution in [3.63, 3.8) is 0 Å². The highest BCUT2D eigenvalue weighted by Crippen LogP contribution is 2.39. The largest absolute Gasteiger partial charge is 0.349 e. The molecule has 5 nitrogen and oxygen atoms in total. The number of hydrogen-bond donors (Lipinski definition) is 2. The van der Waals surface area contributed by atoms with Gasteiger partial charge in [-0.25, -0.2) is 0 Å². The van der Waals surface area contributed by atoms with E-state index in [2.05, 4.69) is 29.1 Å². The zero-order valence-electron chi connectivity index (χ0n) is 11.6. The SMILES string of the molecule is CC1(C)C(N)CC1NC(=O)c1ccc2nccnc2c1. The number of fused-ring (bicyclic) bond motifs is 1. The molecule has 0 radical (unpaired) electrons. The van der Waals surface area contributed by atoms with Gasteiger partial charge >= 0.3 is 0 Å². The predicted molar refractivity (Wildman–Crippen MR) is 77.2 cm³/mol. The molecule has 3 N–H and O–H groups in total. The molecule has 2 unspecified atom stereocenters. The molecule has 104 valence electrons. The van der Waals surface area contributed by atoms with Crippen LogP contribution in [0.4, 0.5) is 0 Å². The highest BCUT2D eigenvalue weighted by Gasteiger charge is 2.46. The summed E-state index contributed by atoms with van der Waals surface area (Å²) in [6.45, 7) is 4.16. The highest BCUT2D eigenvalue weighted by molar-refractivity contribution is 5.97. The molecule has 0 aliphatic heterocycles. The van der Waals surface area contributed by atoms with Gasteiger partial charge in [-0.1, -0.05) is 13.8 Å². The zero-order chi connectivity index (χ0) is 14.3. The van der Waals surface area contributed by atoms with Gasteiger partial charge in [0.05, 0.1) is 11.0 Å². The molecule has 0 saturated heterocycles. The minimum Gasteiger partial charge on any atom is -0.349 e. The minimum atomic E-state index is -0.0810. The van der Waals surface area contributed by atoms with Crippen LogP contribution in [0.3, 0.4) is 0 Å². The molecule has 2 atom stereocenters. The molecule has 0 bridgehead atoms. The van der Waals surface area contributed by atoms with Gasteiger partial charge in [0.1, 0.15) is 0 Å². The van der Waals surface area contributed by atoms with E-state index in [4.69, 9.17) is 5.73 Å². The fourth-order valence-corrected chi connectivity index (χ4v) is 2.55. The van der Waals surface area contributed by atoms with E-state index in [1.807, 2.05) is 6.07 Å². The van der Waals surface area contributed by atoms with Gasteiger partial charge in [-0.2, -0.15) is 0 Å². The summed E-state index contributed by atoms with van der Waals surface area (Å²) >= 11 is 0. The molecule has 5 heteroatoms. The van der Waals surface area contributed by atoms with Crippen LogP contribution in [0.2, 0.25) is 0 Å². The smallest absolute Gasteiger partial charge is 0.251 e. The van der Waals surface area contributed by atoms with Gasteiger partial charge in [-0.15, -0.1) is 0 Å². The van der Waals surface area contributed by atoms with E-state index in [-0.39, 0.29) is 23.4 Å². The van der Waals surface area contributed by atoms with Crippen LogP contribution >= 0.6 is 0 Å². The van der Waals surface area contributed by atoms with E-state index < -0.39 is 0 Å². The third-order valence-corrected chi connectivity index (χ3v) is 4.38. The van der Waals surface area contributed by atoms with Gasteiger partial charge in [0.2, 0.25) is 0 Å². The van der Waals surface area contributed by atoms with Crippen molar-refractivity contribution in [1.29, 1.82) is 0 Å². The second-order valence-corrected chi connectivity index (χ2v) is 5.95. The lowest BCUT2D eigenvalue weighted by molar-refractivity contribution is 0.0586. The van der Waals surface area contributed by atoms with Crippen LogP contribution in [0.15, 0.2) is 30.6 Å². The summed E-state index contributed by atoms with van der Waals surface area (Å²) < 4.78 is 0. The number of nitrogens with two attached hydrogens (primary N) is 1. The van der Waals surface area contributed by atoms with Crippen LogP contribution in [-0.2, 0) is 0 Å². The number of benzene rings is 1. The fourth-order valence-electron chi connectivity index (χ4n) is 2.55. The Kier molecular flexibility index (Phi) is 2.94. The van der Waals surface area contributed by atoms with Gasteiger partial charge in [-0.05, 0) is 24.6 Å². The Hall–Kier alpha value is -2.01. The zero-order valence-corrected chi connectivity index (χ0v) is 11.6. The second kappa shape index (κ2) is 4.52. The first kappa shape index (κ1) is 13.0. The van der Waals surface area contributed by atoms with Gasteiger partial charge < -0.3 is 11.1 Å². The maximum atomic E-state index is 12.3. The molecule has 20 heavy (non-hydrogen) atoms. The van der Waals surface area contributed by atoms with Crippen molar-refractivity contribution in [2.75, 3.05) is 0 Å². The van der Waals surface area contributed by atoms with Crippen LogP contribution < -0.4 is 11.1 Å². The molecule has 1 saturated carbocycles. The number of nitrogens with zero attached hydrogens (tertiary/aromatic N) is 2. The van der Waals surface area contributed by atoms with Crippen LogP contribution in [-0.4, -0.2) is 28.0 Å². The number of hydrogen-bond acceptors (Lipinski definition) is 4. The molecule has 1 amide bonds. The van der Waals surface area contributed by atoms with E-state index in [0.717, 1.165) is 17.5 Å². The summed E-state index contributed by atoms with van der Waals surface area (Å²) in [7, 11) is 0. The summed E-state index contributed by atoms with van der Waals surface area (Å²) in [6.07, 6.45) is 4.09. The van der Waals surface area contributed by atoms with Crippen molar-refractivity contribution >= 4 is 16.9 Å². The molecule has 1 aliphatic carbocycles. The summed E-state index contributed by atoms with van der Waals surface area (Å²) in [4.78, 5) is 20.7. The van der Waals surface area contributed by atoms with Crippen LogP contribution in [0.1, 0.15) is 30.6 Å². The third-order valence-electron chi connectivity index (χ3n) is 4.38. The maximum absolute atomic E-state index is 12.3. The predicted octanol–water partition coefficient (Wildman–Crippen LogP) is 1.49. The van der Waals surface area contributed by atoms with Gasteiger partial charge in [0.15, 0.2) is 0 Å². The van der Waals surface area contributed by atoms with Gasteiger partial charge in [0.25, 0.3) is 5.91 Å². The number of carbonyl (C=O) groups is 1. The molecule has 0 spiro atoms. The molecule has 1 fully saturated rings. The average molecular weight is 270 g/mol. The standard InChI is InChI=1S/C15H18N4O/c1-15(2)12(16)8-13(15)19-14(20)9-3-4-10-11(7-9)18-6-5-17-10/h3-7,12-13H,8,16H2,1-2H3,(H,19,20). The van der Waals surface area contributed by atoms with Gasteiger partial charge in [-0.3, -0.25) is 14.8 Å². The lowest BCUT2D eigenvalue weighted by Gasteiger charge is -2.50. The lowest BCUT2D eigenvalue weighted by atomic mass is 9.63. The maximum Gasteiger partial charge on any atom is 0.251 e. The first-order valence-electron chi connectivity index (χ1n) is 6.75. The first-order valence-corrected chi connectivity index (χ1v) is 6.75. The van der Waals surface area contributed by atoms with E-state index >= 15 is 0 Å². The van der Waals surface area contributed by atoms with E-state index in [9.17, 15) is 4.79 Å². The summed E-state index contributed by atoms with van der Waals surface area (Å²) in [6, 6.07) is 5.63. The van der Waals surface area contributed by atoms with Crippen LogP contribution in [0.5, 0.6) is 0 Å². The Bertz CT molecular complexity index is 668. The van der Waals surface area contributed by atoms with Crippen molar-refractivity contribution in [1.82, 2.24) is 15.3 Å². The Morgan fingerprint density at radius 2 is 2.00 bits per heavy atom. The van der Waals surface area contributed by atoms with E-state index in [1.54, 1.807) is 24.5 Å². The molecule has 1 heterocycles. The normalized spacial score (nSPS) is 24.1. The number of aromatic nitrogens is 2. The number of nitrogens with one attached hydrogen (secondary N) is 1. The summed E-state index contributed by atoms with van der Waals surface area (Å²) in [5.74, 6) is -0.0810. The average Bonchev–Trinajstić information content (AvgIpc) is 2.46. The monoisotopic (exact) mass is 270 g/mol. The van der Waals surface area contributed by atoms with E-state index in [1.165, 1.54) is 0 Å². The number of carbonyl (C=O) groups excluding carboxylic acids is 1. The van der Waals surface area contributed by atoms with Crippen LogP contribution in [0.25, 0.3) is 11.0 Å². The van der Waals surface area contributed by atoms with Crippen molar-refractivity contribution in [2.24, 2.45) is 11.1 Å². The molecular formula is C15H18N4O. The second-order valence-electron chi connectivity index (χ2n) is 5.95. The van der Waals surface area contributed by atoms with Crippen LogP contribution in [0, 0.1) is 5.41 Å². The quantitative estimate of drug-likeness (QED) is 0.866. The Labute approximate surface area is 117 Å². The highest BCUT2D eigenvalue weighted by atomic mass is 16.1. The van der Waals surface area contributed by atoms with Crippen molar-refractivity contribution in [2.45, 2.75) is 32.4 Å². The Balaban J connectivity index is 1.79. The molecule has 2 aromatic rings.